The molecular weight excluding hydrogens is 414 g/mol. The number of rotatable bonds is 8. The minimum atomic E-state index is -0.892. The highest BCUT2D eigenvalue weighted by Gasteiger charge is 2.35. The summed E-state index contributed by atoms with van der Waals surface area (Å²) in [5, 5.41) is 15.7. The van der Waals surface area contributed by atoms with Gasteiger partial charge in [-0.25, -0.2) is 0 Å². The molecule has 0 aromatic heterocycles. The van der Waals surface area contributed by atoms with E-state index in [1.807, 2.05) is 0 Å². The molecule has 174 valence electrons. The summed E-state index contributed by atoms with van der Waals surface area (Å²) in [7, 11) is 0. The van der Waals surface area contributed by atoms with Crippen LogP contribution >= 0.6 is 0 Å². The predicted octanol–water partition coefficient (Wildman–Crippen LogP) is 0.762. The first-order valence-corrected chi connectivity index (χ1v) is 10.8. The van der Waals surface area contributed by atoms with E-state index in [1.54, 1.807) is 19.9 Å². The Morgan fingerprint density at radius 3 is 2.66 bits per heavy atom. The lowest BCUT2D eigenvalue weighted by molar-refractivity contribution is -0.127. The third kappa shape index (κ3) is 6.15. The number of ketones is 1. The minimum absolute atomic E-state index is 0.0386. The van der Waals surface area contributed by atoms with E-state index in [9.17, 15) is 19.5 Å². The number of hydrogen-bond donors (Lipinski definition) is 3. The van der Waals surface area contributed by atoms with Crippen LogP contribution in [0, 0.1) is 0 Å². The Bertz CT molecular complexity index is 880. The van der Waals surface area contributed by atoms with Crippen LogP contribution in [0.2, 0.25) is 0 Å². The average molecular weight is 446 g/mol. The van der Waals surface area contributed by atoms with E-state index in [0.29, 0.717) is 36.5 Å². The molecule has 3 rings (SSSR count). The van der Waals surface area contributed by atoms with E-state index in [2.05, 4.69) is 22.1 Å². The van der Waals surface area contributed by atoms with Gasteiger partial charge in [-0.05, 0) is 38.5 Å². The van der Waals surface area contributed by atoms with Crippen molar-refractivity contribution < 1.29 is 29.0 Å². The van der Waals surface area contributed by atoms with Gasteiger partial charge in [-0.15, -0.1) is 6.58 Å². The van der Waals surface area contributed by atoms with Gasteiger partial charge >= 0.3 is 0 Å². The van der Waals surface area contributed by atoms with Crippen molar-refractivity contribution in [1.29, 1.82) is 0 Å². The summed E-state index contributed by atoms with van der Waals surface area (Å²) in [6.45, 7) is 10.5. The highest BCUT2D eigenvalue weighted by atomic mass is 16.5. The number of hydrogen-bond acceptors (Lipinski definition) is 7. The van der Waals surface area contributed by atoms with Crippen molar-refractivity contribution >= 4 is 17.6 Å². The van der Waals surface area contributed by atoms with Crippen molar-refractivity contribution in [3.05, 3.63) is 41.5 Å². The Morgan fingerprint density at radius 2 is 2.03 bits per heavy atom. The van der Waals surface area contributed by atoms with Gasteiger partial charge in [-0.3, -0.25) is 19.3 Å². The predicted molar refractivity (Wildman–Crippen MR) is 117 cm³/mol. The van der Waals surface area contributed by atoms with Crippen molar-refractivity contribution in [3.63, 3.8) is 0 Å². The van der Waals surface area contributed by atoms with Crippen LogP contribution in [0.25, 0.3) is 0 Å². The number of benzene rings is 1. The maximum absolute atomic E-state index is 12.9. The molecule has 3 N–H and O–H groups in total. The topological polar surface area (TPSA) is 117 Å². The zero-order valence-corrected chi connectivity index (χ0v) is 18.6. The fraction of sp³-hybridized carbons (Fsp3) is 0.522. The number of morpholine rings is 1. The molecule has 3 atom stereocenters. The van der Waals surface area contributed by atoms with Crippen LogP contribution in [-0.2, 0) is 25.6 Å². The number of phenolic OH excluding ortho intramolecular Hbond substituents is 1. The van der Waals surface area contributed by atoms with Crippen LogP contribution in [0.4, 0.5) is 0 Å². The van der Waals surface area contributed by atoms with Crippen LogP contribution < -0.4 is 10.6 Å². The average Bonchev–Trinajstić information content (AvgIpc) is 3.07. The normalized spacial score (nSPS) is 22.4. The van der Waals surface area contributed by atoms with Crippen molar-refractivity contribution in [2.24, 2.45) is 0 Å². The Hall–Kier alpha value is -2.75. The van der Waals surface area contributed by atoms with Gasteiger partial charge in [0.2, 0.25) is 5.91 Å². The first kappa shape index (κ1) is 23.9. The maximum atomic E-state index is 12.9. The lowest BCUT2D eigenvalue weighted by Gasteiger charge is -2.27. The molecule has 0 spiro atoms. The van der Waals surface area contributed by atoms with Crippen LogP contribution in [0.1, 0.15) is 36.2 Å². The van der Waals surface area contributed by atoms with Crippen LogP contribution in [0.15, 0.2) is 30.4 Å². The van der Waals surface area contributed by atoms with Crippen molar-refractivity contribution in [1.82, 2.24) is 15.5 Å². The summed E-state index contributed by atoms with van der Waals surface area (Å²) < 4.78 is 10.6. The molecule has 1 aromatic carbocycles. The quantitative estimate of drug-likeness (QED) is 0.506. The summed E-state index contributed by atoms with van der Waals surface area (Å²) in [5.74, 6) is -1.00. The highest BCUT2D eigenvalue weighted by molar-refractivity contribution is 5.99. The summed E-state index contributed by atoms with van der Waals surface area (Å²) in [5.41, 5.74) is 1.67. The van der Waals surface area contributed by atoms with E-state index in [-0.39, 0.29) is 24.6 Å². The van der Waals surface area contributed by atoms with E-state index < -0.39 is 30.0 Å². The Labute approximate surface area is 187 Å². The Morgan fingerprint density at radius 1 is 1.31 bits per heavy atom. The minimum Gasteiger partial charge on any atom is -0.508 e. The molecule has 9 heteroatoms. The van der Waals surface area contributed by atoms with Crippen molar-refractivity contribution in [2.75, 3.05) is 32.9 Å². The number of nitrogens with zero attached hydrogens (tertiary/aromatic N) is 1. The Kier molecular flexibility index (Phi) is 8.00. The molecule has 1 unspecified atom stereocenters. The summed E-state index contributed by atoms with van der Waals surface area (Å²) in [6, 6.07) is 3.00. The standard InChI is InChI=1S/C23H31N3O6/c1-14(2)10-18(23(30)25-21-15(3)32-13-20(21)28)24-22(29)16-4-5-19(27)17(11-16)12-26-6-8-31-9-7-26/h4-5,11,15,18,21,27H,1,6-10,12-13H2,2-3H3,(H,24,29)(H,25,30)/t15-,18?,21+/m1/s1. The van der Waals surface area contributed by atoms with E-state index in [0.717, 1.165) is 13.1 Å². The van der Waals surface area contributed by atoms with Gasteiger partial charge in [0, 0.05) is 30.8 Å². The van der Waals surface area contributed by atoms with Crippen molar-refractivity contribution in [3.8, 4) is 5.75 Å². The molecule has 2 saturated heterocycles. The Balaban J connectivity index is 1.70. The lowest BCUT2D eigenvalue weighted by atomic mass is 10.0. The number of ether oxygens (including phenoxy) is 2. The zero-order chi connectivity index (χ0) is 23.3. The van der Waals surface area contributed by atoms with Gasteiger partial charge in [0.05, 0.1) is 19.3 Å². The number of Topliss-reactive ketones (excluding diaryl/α,β-unsaturated/α-hetero) is 1. The third-order valence-corrected chi connectivity index (χ3v) is 5.62. The second-order valence-electron chi connectivity index (χ2n) is 8.39. The zero-order valence-electron chi connectivity index (χ0n) is 18.6. The number of nitrogens with one attached hydrogen (secondary N) is 2. The van der Waals surface area contributed by atoms with Gasteiger partial charge in [-0.2, -0.15) is 0 Å². The molecular formula is C23H31N3O6. The van der Waals surface area contributed by atoms with Gasteiger partial charge in [0.15, 0.2) is 5.78 Å². The lowest BCUT2D eigenvalue weighted by Crippen LogP contribution is -2.53. The second-order valence-corrected chi connectivity index (χ2v) is 8.39. The fourth-order valence-corrected chi connectivity index (χ4v) is 3.77. The van der Waals surface area contributed by atoms with Gasteiger partial charge in [-0.1, -0.05) is 5.57 Å². The summed E-state index contributed by atoms with van der Waals surface area (Å²) in [6.07, 6.45) is -0.195. The van der Waals surface area contributed by atoms with E-state index >= 15 is 0 Å². The molecule has 2 heterocycles. The molecule has 2 amide bonds. The molecule has 32 heavy (non-hydrogen) atoms. The van der Waals surface area contributed by atoms with Gasteiger partial charge in [0.1, 0.15) is 24.4 Å². The van der Waals surface area contributed by atoms with Crippen molar-refractivity contribution in [2.45, 2.75) is 45.0 Å². The molecule has 0 bridgehead atoms. The third-order valence-electron chi connectivity index (χ3n) is 5.62. The number of amides is 2. The largest absolute Gasteiger partial charge is 0.508 e. The molecule has 0 saturated carbocycles. The molecule has 2 aliphatic heterocycles. The first-order valence-electron chi connectivity index (χ1n) is 10.8. The molecule has 2 aliphatic rings. The number of aromatic hydroxyl groups is 1. The van der Waals surface area contributed by atoms with Crippen LogP contribution in [0.3, 0.4) is 0 Å². The molecule has 1 aromatic rings. The highest BCUT2D eigenvalue weighted by Crippen LogP contribution is 2.21. The molecule has 9 nitrogen and oxygen atoms in total. The van der Waals surface area contributed by atoms with Gasteiger partial charge < -0.3 is 25.2 Å². The fourth-order valence-electron chi connectivity index (χ4n) is 3.77. The number of carbonyl (C=O) groups is 3. The first-order chi connectivity index (χ1) is 15.2. The maximum Gasteiger partial charge on any atom is 0.251 e. The van der Waals surface area contributed by atoms with Crippen LogP contribution in [-0.4, -0.2) is 78.7 Å². The molecule has 0 radical (unpaired) electrons. The monoisotopic (exact) mass is 445 g/mol. The second kappa shape index (κ2) is 10.7. The molecule has 2 fully saturated rings. The van der Waals surface area contributed by atoms with E-state index in [4.69, 9.17) is 9.47 Å². The van der Waals surface area contributed by atoms with E-state index in [1.165, 1.54) is 12.1 Å². The number of phenols is 1. The van der Waals surface area contributed by atoms with Gasteiger partial charge in [0.25, 0.3) is 5.91 Å². The SMILES string of the molecule is C=C(C)CC(NC(=O)c1ccc(O)c(CN2CCOCC2)c1)C(=O)N[C@@H]1C(=O)CO[C@@H]1C. The summed E-state index contributed by atoms with van der Waals surface area (Å²) >= 11 is 0. The smallest absolute Gasteiger partial charge is 0.251 e. The summed E-state index contributed by atoms with van der Waals surface area (Å²) in [4.78, 5) is 39.9. The number of carbonyl (C=O) groups excluding carboxylic acids is 3. The van der Waals surface area contributed by atoms with Crippen LogP contribution in [0.5, 0.6) is 5.75 Å². The molecule has 0 aliphatic carbocycles.